The van der Waals surface area contributed by atoms with Crippen molar-refractivity contribution in [3.63, 3.8) is 0 Å². The van der Waals surface area contributed by atoms with Crippen LogP contribution in [0.3, 0.4) is 0 Å². The lowest BCUT2D eigenvalue weighted by molar-refractivity contribution is -0.112. The van der Waals surface area contributed by atoms with E-state index in [1.165, 1.54) is 30.3 Å². The first-order valence-electron chi connectivity index (χ1n) is 8.94. The van der Waals surface area contributed by atoms with E-state index in [2.05, 4.69) is 10.3 Å². The minimum atomic E-state index is -3.82. The van der Waals surface area contributed by atoms with Crippen molar-refractivity contribution in [3.8, 4) is 11.8 Å². The Bertz CT molecular complexity index is 1260. The number of anilines is 1. The minimum absolute atomic E-state index is 0.0752. The van der Waals surface area contributed by atoms with Gasteiger partial charge < -0.3 is 10.1 Å². The Morgan fingerprint density at radius 2 is 1.90 bits per heavy atom. The molecule has 3 N–H and O–H groups in total. The number of ether oxygens (including phenoxy) is 1. The molecule has 158 valence electrons. The van der Waals surface area contributed by atoms with Gasteiger partial charge in [-0.15, -0.1) is 11.3 Å². The van der Waals surface area contributed by atoms with E-state index < -0.39 is 15.9 Å². The second-order valence-corrected chi connectivity index (χ2v) is 9.03. The summed E-state index contributed by atoms with van der Waals surface area (Å²) < 4.78 is 28.3. The number of nitrogens with zero attached hydrogens (tertiary/aromatic N) is 2. The third-order valence-electron chi connectivity index (χ3n) is 4.05. The molecule has 10 heteroatoms. The van der Waals surface area contributed by atoms with Gasteiger partial charge in [0.15, 0.2) is 0 Å². The lowest BCUT2D eigenvalue weighted by Gasteiger charge is -2.06. The largest absolute Gasteiger partial charge is 0.487 e. The zero-order valence-corrected chi connectivity index (χ0v) is 18.0. The van der Waals surface area contributed by atoms with Crippen molar-refractivity contribution in [2.75, 3.05) is 5.32 Å². The maximum atomic E-state index is 12.4. The number of nitriles is 1. The van der Waals surface area contributed by atoms with Crippen LogP contribution in [0.4, 0.5) is 5.69 Å². The van der Waals surface area contributed by atoms with Gasteiger partial charge in [0, 0.05) is 11.1 Å². The fourth-order valence-electron chi connectivity index (χ4n) is 2.53. The van der Waals surface area contributed by atoms with E-state index in [0.29, 0.717) is 23.6 Å². The van der Waals surface area contributed by atoms with E-state index in [1.54, 1.807) is 35.6 Å². The molecule has 0 aliphatic heterocycles. The van der Waals surface area contributed by atoms with E-state index in [-0.39, 0.29) is 10.5 Å². The van der Waals surface area contributed by atoms with Crippen LogP contribution in [-0.2, 0) is 21.4 Å². The fraction of sp³-hybridized carbons (Fsp3) is 0.0952. The van der Waals surface area contributed by atoms with Crippen molar-refractivity contribution in [2.45, 2.75) is 18.4 Å². The number of nitrogens with two attached hydrogens (primary N) is 1. The van der Waals surface area contributed by atoms with Crippen LogP contribution in [0, 0.1) is 18.3 Å². The molecule has 0 atom stereocenters. The maximum absolute atomic E-state index is 12.4. The maximum Gasteiger partial charge on any atom is 0.266 e. The van der Waals surface area contributed by atoms with Gasteiger partial charge >= 0.3 is 0 Å². The van der Waals surface area contributed by atoms with Gasteiger partial charge in [-0.05, 0) is 55.0 Å². The molecular weight excluding hydrogens is 436 g/mol. The topological polar surface area (TPSA) is 135 Å². The molecule has 0 aliphatic carbocycles. The second kappa shape index (κ2) is 9.53. The number of amides is 1. The van der Waals surface area contributed by atoms with Crippen LogP contribution in [0.25, 0.3) is 6.08 Å². The molecule has 1 amide bonds. The normalized spacial score (nSPS) is 11.6. The summed E-state index contributed by atoms with van der Waals surface area (Å²) in [5, 5.41) is 19.9. The van der Waals surface area contributed by atoms with E-state index in [4.69, 9.17) is 9.88 Å². The molecule has 1 heterocycles. The number of carbonyl (C=O) groups is 1. The molecule has 3 rings (SSSR count). The van der Waals surface area contributed by atoms with Gasteiger partial charge in [0.1, 0.15) is 24.0 Å². The molecule has 1 aromatic heterocycles. The van der Waals surface area contributed by atoms with Gasteiger partial charge in [0.05, 0.1) is 15.6 Å². The zero-order chi connectivity index (χ0) is 22.4. The van der Waals surface area contributed by atoms with Crippen LogP contribution in [0.5, 0.6) is 5.75 Å². The first-order chi connectivity index (χ1) is 14.7. The first-order valence-corrected chi connectivity index (χ1v) is 11.4. The highest BCUT2D eigenvalue weighted by Gasteiger charge is 2.11. The summed E-state index contributed by atoms with van der Waals surface area (Å²) in [6.45, 7) is 2.29. The Kier molecular flexibility index (Phi) is 6.81. The molecule has 0 aliphatic rings. The molecular formula is C21H18N4O4S2. The number of nitrogens with one attached hydrogen (secondary N) is 1. The summed E-state index contributed by atoms with van der Waals surface area (Å²) >= 11 is 1.56. The van der Waals surface area contributed by atoms with E-state index in [1.807, 2.05) is 18.4 Å². The van der Waals surface area contributed by atoms with Crippen molar-refractivity contribution in [3.05, 3.63) is 75.7 Å². The molecule has 31 heavy (non-hydrogen) atoms. The number of rotatable bonds is 7. The van der Waals surface area contributed by atoms with Crippen molar-refractivity contribution in [2.24, 2.45) is 5.14 Å². The Balaban J connectivity index is 1.64. The SMILES string of the molecule is Cc1nc(COc2ccc(/C=C(\C#N)C(=O)Nc3ccc(S(N)(=O)=O)cc3)cc2)cs1. The third kappa shape index (κ3) is 6.23. The standard InChI is InChI=1S/C21H18N4O4S2/c1-14-24-18(13-30-14)12-29-19-6-2-15(3-7-19)10-16(11-22)21(26)25-17-4-8-20(9-5-17)31(23,27)28/h2-10,13H,12H2,1H3,(H,25,26)(H2,23,27,28)/b16-10+. The van der Waals surface area contributed by atoms with Crippen LogP contribution in [-0.4, -0.2) is 19.3 Å². The Morgan fingerprint density at radius 1 is 1.23 bits per heavy atom. The monoisotopic (exact) mass is 454 g/mol. The lowest BCUT2D eigenvalue weighted by Crippen LogP contribution is -2.14. The van der Waals surface area contributed by atoms with Gasteiger partial charge in [0.25, 0.3) is 5.91 Å². The predicted octanol–water partition coefficient (Wildman–Crippen LogP) is 3.22. The number of aryl methyl sites for hydroxylation is 1. The van der Waals surface area contributed by atoms with Crippen molar-refractivity contribution in [1.82, 2.24) is 4.98 Å². The Labute approximate surface area is 183 Å². The van der Waals surface area contributed by atoms with Gasteiger partial charge in [-0.25, -0.2) is 18.5 Å². The molecule has 3 aromatic rings. The number of hydrogen-bond donors (Lipinski definition) is 2. The summed E-state index contributed by atoms with van der Waals surface area (Å²) in [7, 11) is -3.82. The fourth-order valence-corrected chi connectivity index (χ4v) is 3.65. The predicted molar refractivity (Wildman–Crippen MR) is 118 cm³/mol. The smallest absolute Gasteiger partial charge is 0.266 e. The van der Waals surface area contributed by atoms with Crippen molar-refractivity contribution >= 4 is 39.0 Å². The number of thiazole rings is 1. The molecule has 2 aromatic carbocycles. The van der Waals surface area contributed by atoms with Crippen molar-refractivity contribution < 1.29 is 17.9 Å². The second-order valence-electron chi connectivity index (χ2n) is 6.41. The van der Waals surface area contributed by atoms with Crippen LogP contribution < -0.4 is 15.2 Å². The lowest BCUT2D eigenvalue weighted by atomic mass is 10.1. The Morgan fingerprint density at radius 3 is 2.45 bits per heavy atom. The number of carbonyl (C=O) groups excluding carboxylic acids is 1. The highest BCUT2D eigenvalue weighted by Crippen LogP contribution is 2.18. The average Bonchev–Trinajstić information content (AvgIpc) is 3.16. The summed E-state index contributed by atoms with van der Waals surface area (Å²) in [6.07, 6.45) is 1.45. The zero-order valence-electron chi connectivity index (χ0n) is 16.4. The number of hydrogen-bond acceptors (Lipinski definition) is 7. The number of benzene rings is 2. The highest BCUT2D eigenvalue weighted by atomic mass is 32.2. The summed E-state index contributed by atoms with van der Waals surface area (Å²) in [6, 6.07) is 14.1. The van der Waals surface area contributed by atoms with Gasteiger partial charge in [-0.1, -0.05) is 12.1 Å². The first kappa shape index (κ1) is 22.2. The van der Waals surface area contributed by atoms with E-state index >= 15 is 0 Å². The van der Waals surface area contributed by atoms with Crippen LogP contribution in [0.2, 0.25) is 0 Å². The molecule has 0 fully saturated rings. The quantitative estimate of drug-likeness (QED) is 0.416. The van der Waals surface area contributed by atoms with E-state index in [9.17, 15) is 18.5 Å². The average molecular weight is 455 g/mol. The molecule has 0 radical (unpaired) electrons. The van der Waals surface area contributed by atoms with Crippen LogP contribution in [0.15, 0.2) is 64.4 Å². The van der Waals surface area contributed by atoms with Crippen LogP contribution >= 0.6 is 11.3 Å². The summed E-state index contributed by atoms with van der Waals surface area (Å²) in [5.74, 6) is 0.0193. The third-order valence-corrected chi connectivity index (χ3v) is 5.80. The van der Waals surface area contributed by atoms with Crippen molar-refractivity contribution in [1.29, 1.82) is 5.26 Å². The number of primary sulfonamides is 1. The van der Waals surface area contributed by atoms with Crippen LogP contribution in [0.1, 0.15) is 16.3 Å². The molecule has 0 spiro atoms. The molecule has 8 nitrogen and oxygen atoms in total. The van der Waals surface area contributed by atoms with Gasteiger partial charge in [-0.3, -0.25) is 4.79 Å². The number of sulfonamides is 1. The molecule has 0 unspecified atom stereocenters. The molecule has 0 bridgehead atoms. The van der Waals surface area contributed by atoms with E-state index in [0.717, 1.165) is 10.7 Å². The highest BCUT2D eigenvalue weighted by molar-refractivity contribution is 7.89. The van der Waals surface area contributed by atoms with Gasteiger partial charge in [0.2, 0.25) is 10.0 Å². The summed E-state index contributed by atoms with van der Waals surface area (Å²) in [4.78, 5) is 16.6. The van der Waals surface area contributed by atoms with Gasteiger partial charge in [-0.2, -0.15) is 5.26 Å². The molecule has 0 saturated carbocycles. The Hall–Kier alpha value is -3.52. The summed E-state index contributed by atoms with van der Waals surface area (Å²) in [5.41, 5.74) is 1.72. The number of aromatic nitrogens is 1. The minimum Gasteiger partial charge on any atom is -0.487 e. The molecule has 0 saturated heterocycles.